The van der Waals surface area contributed by atoms with E-state index < -0.39 is 0 Å². The van der Waals surface area contributed by atoms with E-state index in [1.807, 2.05) is 41.2 Å². The Labute approximate surface area is 135 Å². The van der Waals surface area contributed by atoms with Gasteiger partial charge in [-0.25, -0.2) is 4.98 Å². The molecule has 0 spiro atoms. The first kappa shape index (κ1) is 15.2. The molecule has 0 aliphatic rings. The molecule has 2 heterocycles. The predicted molar refractivity (Wildman–Crippen MR) is 91.4 cm³/mol. The molecule has 0 unspecified atom stereocenters. The van der Waals surface area contributed by atoms with E-state index in [0.29, 0.717) is 5.56 Å². The highest BCUT2D eigenvalue weighted by molar-refractivity contribution is 6.07. The van der Waals surface area contributed by atoms with Crippen LogP contribution < -0.4 is 0 Å². The van der Waals surface area contributed by atoms with Crippen molar-refractivity contribution in [3.05, 3.63) is 48.3 Å². The summed E-state index contributed by atoms with van der Waals surface area (Å²) in [6.07, 6.45) is 3.76. The number of aromatic nitrogens is 3. The Kier molecular flexibility index (Phi) is 3.86. The first-order chi connectivity index (χ1) is 11.0. The third kappa shape index (κ3) is 2.82. The van der Waals surface area contributed by atoms with Gasteiger partial charge in [0, 0.05) is 37.3 Å². The number of pyridine rings is 1. The van der Waals surface area contributed by atoms with E-state index in [1.165, 1.54) is 0 Å². The molecule has 0 saturated carbocycles. The molecule has 23 heavy (non-hydrogen) atoms. The van der Waals surface area contributed by atoms with E-state index in [0.717, 1.165) is 22.2 Å². The standard InChI is InChI=1S/C18H20N4O/c1-12(2)22-11-13(10-19-22)17-9-15(18(23)21(3)4)14-7-5-6-8-16(14)20-17/h5-12H,1-4H3. The lowest BCUT2D eigenvalue weighted by Crippen LogP contribution is -2.22. The number of hydrogen-bond acceptors (Lipinski definition) is 3. The third-order valence-corrected chi connectivity index (χ3v) is 3.78. The summed E-state index contributed by atoms with van der Waals surface area (Å²) < 4.78 is 1.89. The van der Waals surface area contributed by atoms with Crippen LogP contribution >= 0.6 is 0 Å². The Morgan fingerprint density at radius 2 is 1.96 bits per heavy atom. The maximum atomic E-state index is 12.5. The van der Waals surface area contributed by atoms with Gasteiger partial charge in [0.2, 0.25) is 0 Å². The van der Waals surface area contributed by atoms with Gasteiger partial charge in [0.1, 0.15) is 0 Å². The molecule has 2 aromatic heterocycles. The minimum atomic E-state index is -0.0268. The van der Waals surface area contributed by atoms with Gasteiger partial charge < -0.3 is 4.90 Å². The number of fused-ring (bicyclic) bond motifs is 1. The summed E-state index contributed by atoms with van der Waals surface area (Å²) in [5.74, 6) is -0.0268. The van der Waals surface area contributed by atoms with Crippen molar-refractivity contribution in [2.75, 3.05) is 14.1 Å². The van der Waals surface area contributed by atoms with E-state index >= 15 is 0 Å². The van der Waals surface area contributed by atoms with Crippen LogP contribution in [-0.2, 0) is 0 Å². The fourth-order valence-electron chi connectivity index (χ4n) is 2.49. The highest BCUT2D eigenvalue weighted by Crippen LogP contribution is 2.25. The van der Waals surface area contributed by atoms with Crippen molar-refractivity contribution < 1.29 is 4.79 Å². The lowest BCUT2D eigenvalue weighted by Gasteiger charge is -2.13. The lowest BCUT2D eigenvalue weighted by atomic mass is 10.0. The second kappa shape index (κ2) is 5.83. The van der Waals surface area contributed by atoms with Crippen molar-refractivity contribution in [1.29, 1.82) is 0 Å². The molecular formula is C18H20N4O. The van der Waals surface area contributed by atoms with Gasteiger partial charge in [0.15, 0.2) is 0 Å². The Balaban J connectivity index is 2.20. The van der Waals surface area contributed by atoms with Crippen LogP contribution in [0.15, 0.2) is 42.7 Å². The van der Waals surface area contributed by atoms with Gasteiger partial charge in [-0.3, -0.25) is 9.48 Å². The summed E-state index contributed by atoms with van der Waals surface area (Å²) in [6, 6.07) is 9.85. The van der Waals surface area contributed by atoms with Crippen LogP contribution in [0.5, 0.6) is 0 Å². The van der Waals surface area contributed by atoms with Crippen LogP contribution in [0.25, 0.3) is 22.2 Å². The van der Waals surface area contributed by atoms with Gasteiger partial charge in [-0.05, 0) is 26.0 Å². The van der Waals surface area contributed by atoms with Crippen LogP contribution in [0.1, 0.15) is 30.2 Å². The molecule has 0 bridgehead atoms. The van der Waals surface area contributed by atoms with Crippen LogP contribution in [-0.4, -0.2) is 39.7 Å². The highest BCUT2D eigenvalue weighted by atomic mass is 16.2. The maximum absolute atomic E-state index is 12.5. The molecule has 0 fully saturated rings. The molecule has 0 N–H and O–H groups in total. The van der Waals surface area contributed by atoms with E-state index in [-0.39, 0.29) is 11.9 Å². The molecule has 0 saturated heterocycles. The average Bonchev–Trinajstić information content (AvgIpc) is 3.03. The number of nitrogens with zero attached hydrogens (tertiary/aromatic N) is 4. The number of amides is 1. The number of carbonyl (C=O) groups is 1. The molecule has 3 rings (SSSR count). The fourth-order valence-corrected chi connectivity index (χ4v) is 2.49. The van der Waals surface area contributed by atoms with Crippen molar-refractivity contribution in [2.45, 2.75) is 19.9 Å². The molecular weight excluding hydrogens is 288 g/mol. The average molecular weight is 308 g/mol. The minimum Gasteiger partial charge on any atom is -0.345 e. The summed E-state index contributed by atoms with van der Waals surface area (Å²) in [5, 5.41) is 5.23. The molecule has 1 amide bonds. The summed E-state index contributed by atoms with van der Waals surface area (Å²) in [5.41, 5.74) is 3.15. The molecule has 0 aliphatic heterocycles. The molecule has 5 nitrogen and oxygen atoms in total. The maximum Gasteiger partial charge on any atom is 0.254 e. The van der Waals surface area contributed by atoms with Gasteiger partial charge in [-0.15, -0.1) is 0 Å². The third-order valence-electron chi connectivity index (χ3n) is 3.78. The molecule has 5 heteroatoms. The van der Waals surface area contributed by atoms with Crippen molar-refractivity contribution in [1.82, 2.24) is 19.7 Å². The lowest BCUT2D eigenvalue weighted by molar-refractivity contribution is 0.0829. The molecule has 0 atom stereocenters. The Morgan fingerprint density at radius 1 is 1.22 bits per heavy atom. The molecule has 0 aliphatic carbocycles. The van der Waals surface area contributed by atoms with Gasteiger partial charge in [-0.2, -0.15) is 5.10 Å². The molecule has 118 valence electrons. The number of hydrogen-bond donors (Lipinski definition) is 0. The van der Waals surface area contributed by atoms with E-state index in [2.05, 4.69) is 18.9 Å². The molecule has 0 radical (unpaired) electrons. The van der Waals surface area contributed by atoms with E-state index in [1.54, 1.807) is 25.2 Å². The summed E-state index contributed by atoms with van der Waals surface area (Å²) >= 11 is 0. The van der Waals surface area contributed by atoms with Crippen LogP contribution in [0.3, 0.4) is 0 Å². The zero-order chi connectivity index (χ0) is 16.6. The van der Waals surface area contributed by atoms with E-state index in [9.17, 15) is 4.79 Å². The van der Waals surface area contributed by atoms with Gasteiger partial charge in [-0.1, -0.05) is 18.2 Å². The smallest absolute Gasteiger partial charge is 0.254 e. The van der Waals surface area contributed by atoms with Crippen molar-refractivity contribution in [3.63, 3.8) is 0 Å². The summed E-state index contributed by atoms with van der Waals surface area (Å²) in [4.78, 5) is 18.8. The fraction of sp³-hybridized carbons (Fsp3) is 0.278. The van der Waals surface area contributed by atoms with Crippen molar-refractivity contribution in [2.24, 2.45) is 0 Å². The first-order valence-electron chi connectivity index (χ1n) is 7.63. The largest absolute Gasteiger partial charge is 0.345 e. The number of para-hydroxylation sites is 1. The topological polar surface area (TPSA) is 51.0 Å². The SMILES string of the molecule is CC(C)n1cc(-c2cc(C(=O)N(C)C)c3ccccc3n2)cn1. The van der Waals surface area contributed by atoms with Crippen LogP contribution in [0, 0.1) is 0 Å². The Morgan fingerprint density at radius 3 is 2.61 bits per heavy atom. The van der Waals surface area contributed by atoms with Gasteiger partial charge >= 0.3 is 0 Å². The van der Waals surface area contributed by atoms with Crippen molar-refractivity contribution in [3.8, 4) is 11.3 Å². The summed E-state index contributed by atoms with van der Waals surface area (Å²) in [7, 11) is 3.52. The van der Waals surface area contributed by atoms with E-state index in [4.69, 9.17) is 4.98 Å². The quantitative estimate of drug-likeness (QED) is 0.745. The second-order valence-electron chi connectivity index (χ2n) is 6.07. The first-order valence-corrected chi connectivity index (χ1v) is 7.63. The molecule has 3 aromatic rings. The number of benzene rings is 1. The zero-order valence-corrected chi connectivity index (χ0v) is 13.8. The minimum absolute atomic E-state index is 0.0268. The van der Waals surface area contributed by atoms with Crippen LogP contribution in [0.2, 0.25) is 0 Å². The highest BCUT2D eigenvalue weighted by Gasteiger charge is 2.16. The molecule has 1 aromatic carbocycles. The Bertz CT molecular complexity index is 864. The Hall–Kier alpha value is -2.69. The zero-order valence-electron chi connectivity index (χ0n) is 13.8. The van der Waals surface area contributed by atoms with Gasteiger partial charge in [0.05, 0.1) is 23.0 Å². The predicted octanol–water partition coefficient (Wildman–Crippen LogP) is 3.38. The number of carbonyl (C=O) groups excluding carboxylic acids is 1. The summed E-state index contributed by atoms with van der Waals surface area (Å²) in [6.45, 7) is 4.15. The van der Waals surface area contributed by atoms with Crippen molar-refractivity contribution >= 4 is 16.8 Å². The monoisotopic (exact) mass is 308 g/mol. The second-order valence-corrected chi connectivity index (χ2v) is 6.07. The normalized spacial score (nSPS) is 11.2. The van der Waals surface area contributed by atoms with Crippen LogP contribution in [0.4, 0.5) is 0 Å². The number of rotatable bonds is 3. The van der Waals surface area contributed by atoms with Gasteiger partial charge in [0.25, 0.3) is 5.91 Å².